The summed E-state index contributed by atoms with van der Waals surface area (Å²) in [4.78, 5) is 11.6. The van der Waals surface area contributed by atoms with E-state index in [9.17, 15) is 13.2 Å². The van der Waals surface area contributed by atoms with E-state index >= 15 is 0 Å². The van der Waals surface area contributed by atoms with Gasteiger partial charge in [0, 0.05) is 12.1 Å². The second-order valence-electron chi connectivity index (χ2n) is 5.25. The van der Waals surface area contributed by atoms with Gasteiger partial charge in [-0.05, 0) is 38.0 Å². The van der Waals surface area contributed by atoms with Crippen molar-refractivity contribution in [2.24, 2.45) is 11.0 Å². The van der Waals surface area contributed by atoms with Crippen molar-refractivity contribution in [2.45, 2.75) is 44.9 Å². The Balaban J connectivity index is 1.75. The topological polar surface area (TPSA) is 75.6 Å². The number of nitrogens with zero attached hydrogens (tertiary/aromatic N) is 1. The molecule has 2 aliphatic rings. The van der Waals surface area contributed by atoms with E-state index in [1.54, 1.807) is 0 Å². The van der Waals surface area contributed by atoms with E-state index in [2.05, 4.69) is 10.5 Å². The predicted molar refractivity (Wildman–Crippen MR) is 70.0 cm³/mol. The van der Waals surface area contributed by atoms with Gasteiger partial charge in [-0.2, -0.15) is 5.10 Å². The summed E-state index contributed by atoms with van der Waals surface area (Å²) in [6.07, 6.45) is 6.36. The van der Waals surface area contributed by atoms with Gasteiger partial charge >= 0.3 is 0 Å². The molecule has 2 rings (SSSR count). The van der Waals surface area contributed by atoms with Crippen LogP contribution in [0.1, 0.15) is 44.9 Å². The summed E-state index contributed by atoms with van der Waals surface area (Å²) in [5.74, 6) is 0.188. The zero-order chi connectivity index (χ0) is 13.0. The summed E-state index contributed by atoms with van der Waals surface area (Å²) < 4.78 is 22.5. The van der Waals surface area contributed by atoms with Crippen LogP contribution in [0.3, 0.4) is 0 Å². The summed E-state index contributed by atoms with van der Waals surface area (Å²) in [5.41, 5.74) is 3.62. The molecule has 0 unspecified atom stereocenters. The van der Waals surface area contributed by atoms with Crippen LogP contribution in [0, 0.1) is 5.92 Å². The molecule has 1 aliphatic heterocycles. The number of hydrogen-bond donors (Lipinski definition) is 1. The van der Waals surface area contributed by atoms with Crippen LogP contribution in [0.25, 0.3) is 0 Å². The van der Waals surface area contributed by atoms with Crippen LogP contribution in [0.4, 0.5) is 0 Å². The van der Waals surface area contributed by atoms with Gasteiger partial charge in [-0.1, -0.05) is 6.42 Å². The van der Waals surface area contributed by atoms with Crippen LogP contribution in [0.5, 0.6) is 0 Å². The number of rotatable bonds is 3. The summed E-state index contributed by atoms with van der Waals surface area (Å²) in [7, 11) is -2.89. The third kappa shape index (κ3) is 4.08. The second-order valence-corrected chi connectivity index (χ2v) is 7.48. The Morgan fingerprint density at radius 1 is 1.28 bits per heavy atom. The number of sulfone groups is 1. The molecule has 18 heavy (non-hydrogen) atoms. The molecule has 6 heteroatoms. The van der Waals surface area contributed by atoms with Gasteiger partial charge in [0.05, 0.1) is 11.5 Å². The van der Waals surface area contributed by atoms with Crippen molar-refractivity contribution in [3.63, 3.8) is 0 Å². The van der Waals surface area contributed by atoms with Crippen molar-refractivity contribution in [1.82, 2.24) is 5.43 Å². The predicted octanol–water partition coefficient (Wildman–Crippen LogP) is 1.25. The Morgan fingerprint density at radius 2 is 2.00 bits per heavy atom. The van der Waals surface area contributed by atoms with E-state index in [1.807, 2.05) is 0 Å². The molecule has 0 spiro atoms. The van der Waals surface area contributed by atoms with Crippen LogP contribution in [0.2, 0.25) is 0 Å². The molecule has 0 radical (unpaired) electrons. The van der Waals surface area contributed by atoms with E-state index in [1.165, 1.54) is 6.42 Å². The third-order valence-corrected chi connectivity index (χ3v) is 5.41. The normalized spacial score (nSPS) is 26.9. The first kappa shape index (κ1) is 13.5. The Kier molecular flexibility index (Phi) is 4.37. The number of nitrogens with one attached hydrogen (secondary N) is 1. The molecule has 0 aromatic heterocycles. The summed E-state index contributed by atoms with van der Waals surface area (Å²) >= 11 is 0. The van der Waals surface area contributed by atoms with Gasteiger partial charge in [0.25, 0.3) is 0 Å². The molecule has 0 bridgehead atoms. The molecule has 1 saturated heterocycles. The Labute approximate surface area is 108 Å². The van der Waals surface area contributed by atoms with Gasteiger partial charge in [-0.25, -0.2) is 13.8 Å². The zero-order valence-electron chi connectivity index (χ0n) is 10.5. The monoisotopic (exact) mass is 272 g/mol. The first-order chi connectivity index (χ1) is 8.55. The fraction of sp³-hybridized carbons (Fsp3) is 0.833. The summed E-state index contributed by atoms with van der Waals surface area (Å²) in [5, 5.41) is 4.13. The lowest BCUT2D eigenvalue weighted by Crippen LogP contribution is -2.23. The second kappa shape index (κ2) is 5.82. The van der Waals surface area contributed by atoms with Crippen molar-refractivity contribution in [1.29, 1.82) is 0 Å². The molecule has 0 aromatic rings. The molecule has 0 aromatic carbocycles. The molecule has 1 amide bonds. The molecule has 5 nitrogen and oxygen atoms in total. The average molecular weight is 272 g/mol. The van der Waals surface area contributed by atoms with Crippen molar-refractivity contribution < 1.29 is 13.2 Å². The smallest absolute Gasteiger partial charge is 0.240 e. The fourth-order valence-corrected chi connectivity index (χ4v) is 4.42. The number of carbonyl (C=O) groups excluding carboxylic acids is 1. The van der Waals surface area contributed by atoms with Crippen molar-refractivity contribution >= 4 is 21.5 Å². The third-order valence-electron chi connectivity index (χ3n) is 3.57. The van der Waals surface area contributed by atoms with Crippen molar-refractivity contribution in [3.05, 3.63) is 0 Å². The quantitative estimate of drug-likeness (QED) is 0.786. The SMILES string of the molecule is O=C(C[C@H]1CCS(=O)(=O)C1)NN=C1CCCCC1. The van der Waals surface area contributed by atoms with Crippen LogP contribution in [-0.4, -0.2) is 31.5 Å². The first-order valence-electron chi connectivity index (χ1n) is 6.60. The fourth-order valence-electron chi connectivity index (χ4n) is 2.55. The van der Waals surface area contributed by atoms with Crippen LogP contribution < -0.4 is 5.43 Å². The minimum absolute atomic E-state index is 0.0263. The minimum atomic E-state index is -2.89. The van der Waals surface area contributed by atoms with Gasteiger partial charge in [-0.3, -0.25) is 4.79 Å². The highest BCUT2D eigenvalue weighted by Gasteiger charge is 2.29. The number of hydrogen-bond acceptors (Lipinski definition) is 4. The Hall–Kier alpha value is -0.910. The maximum absolute atomic E-state index is 11.6. The lowest BCUT2D eigenvalue weighted by molar-refractivity contribution is -0.121. The summed E-state index contributed by atoms with van der Waals surface area (Å²) in [6, 6.07) is 0. The van der Waals surface area contributed by atoms with Crippen molar-refractivity contribution in [3.8, 4) is 0 Å². The molecular formula is C12H20N2O3S. The van der Waals surface area contributed by atoms with E-state index in [0.29, 0.717) is 6.42 Å². The minimum Gasteiger partial charge on any atom is -0.273 e. The van der Waals surface area contributed by atoms with E-state index in [0.717, 1.165) is 31.4 Å². The highest BCUT2D eigenvalue weighted by Crippen LogP contribution is 2.21. The Morgan fingerprint density at radius 3 is 2.61 bits per heavy atom. The van der Waals surface area contributed by atoms with E-state index in [4.69, 9.17) is 0 Å². The maximum atomic E-state index is 11.6. The molecule has 1 aliphatic carbocycles. The number of hydrazone groups is 1. The highest BCUT2D eigenvalue weighted by atomic mass is 32.2. The molecule has 1 saturated carbocycles. The molecule has 1 heterocycles. The van der Waals surface area contributed by atoms with E-state index in [-0.39, 0.29) is 29.8 Å². The standard InChI is InChI=1S/C12H20N2O3S/c15-12(8-10-6-7-18(16,17)9-10)14-13-11-4-2-1-3-5-11/h10H,1-9H2,(H,14,15)/t10-/m1/s1. The van der Waals surface area contributed by atoms with Gasteiger partial charge in [0.2, 0.25) is 5.91 Å². The van der Waals surface area contributed by atoms with E-state index < -0.39 is 9.84 Å². The van der Waals surface area contributed by atoms with Crippen LogP contribution in [0.15, 0.2) is 5.10 Å². The molecule has 1 N–H and O–H groups in total. The largest absolute Gasteiger partial charge is 0.273 e. The molecule has 1 atom stereocenters. The highest BCUT2D eigenvalue weighted by molar-refractivity contribution is 7.91. The lowest BCUT2D eigenvalue weighted by atomic mass is 9.99. The van der Waals surface area contributed by atoms with Gasteiger partial charge in [0.1, 0.15) is 0 Å². The van der Waals surface area contributed by atoms with Gasteiger partial charge in [0.15, 0.2) is 9.84 Å². The Bertz CT molecular complexity index is 434. The number of carbonyl (C=O) groups is 1. The van der Waals surface area contributed by atoms with Gasteiger partial charge in [-0.15, -0.1) is 0 Å². The number of amides is 1. The molecular weight excluding hydrogens is 252 g/mol. The summed E-state index contributed by atoms with van der Waals surface area (Å²) in [6.45, 7) is 0. The average Bonchev–Trinajstić information content (AvgIpc) is 2.67. The molecule has 2 fully saturated rings. The molecule has 102 valence electrons. The zero-order valence-corrected chi connectivity index (χ0v) is 11.3. The maximum Gasteiger partial charge on any atom is 0.240 e. The van der Waals surface area contributed by atoms with Crippen molar-refractivity contribution in [2.75, 3.05) is 11.5 Å². The van der Waals surface area contributed by atoms with Gasteiger partial charge < -0.3 is 0 Å². The lowest BCUT2D eigenvalue weighted by Gasteiger charge is -2.12. The van der Waals surface area contributed by atoms with Crippen LogP contribution >= 0.6 is 0 Å². The first-order valence-corrected chi connectivity index (χ1v) is 8.42. The van der Waals surface area contributed by atoms with Crippen LogP contribution in [-0.2, 0) is 14.6 Å².